The zero-order chi connectivity index (χ0) is 23.6. The summed E-state index contributed by atoms with van der Waals surface area (Å²) in [5, 5.41) is 0. The number of carbonyl (C=O) groups is 1. The molecule has 5 heteroatoms. The van der Waals surface area contributed by atoms with Crippen molar-refractivity contribution in [1.82, 2.24) is 14.9 Å². The normalized spacial score (nSPS) is 12.3. The van der Waals surface area contributed by atoms with E-state index in [0.29, 0.717) is 19.0 Å². The van der Waals surface area contributed by atoms with Crippen LogP contribution in [0.4, 0.5) is 0 Å². The zero-order valence-corrected chi connectivity index (χ0v) is 20.0. The number of amides is 1. The highest BCUT2D eigenvalue weighted by atomic mass is 16.5. The molecule has 1 heterocycles. The fourth-order valence-electron chi connectivity index (χ4n) is 4.43. The van der Waals surface area contributed by atoms with E-state index in [1.807, 2.05) is 11.9 Å². The van der Waals surface area contributed by atoms with Crippen molar-refractivity contribution in [3.8, 4) is 6.01 Å². The largest absolute Gasteiger partial charge is 0.463 e. The average Bonchev–Trinajstić information content (AvgIpc) is 3.04. The van der Waals surface area contributed by atoms with Crippen LogP contribution >= 0.6 is 0 Å². The molecule has 1 aromatic heterocycles. The van der Waals surface area contributed by atoms with E-state index in [0.717, 1.165) is 45.1 Å². The quantitative estimate of drug-likeness (QED) is 0.379. The van der Waals surface area contributed by atoms with Gasteiger partial charge in [0.2, 0.25) is 5.91 Å². The number of nitrogens with zero attached hydrogens (tertiary/aromatic N) is 3. The predicted molar refractivity (Wildman–Crippen MR) is 136 cm³/mol. The first kappa shape index (κ1) is 23.7. The Hall–Kier alpha value is -3.47. The number of rotatable bonds is 10. The van der Waals surface area contributed by atoms with Crippen LogP contribution in [0.25, 0.3) is 5.57 Å². The van der Waals surface area contributed by atoms with E-state index < -0.39 is 0 Å². The van der Waals surface area contributed by atoms with Gasteiger partial charge in [-0.3, -0.25) is 4.79 Å². The van der Waals surface area contributed by atoms with E-state index in [2.05, 4.69) is 64.6 Å². The Bertz CT molecular complexity index is 1060. The molecule has 1 amide bonds. The van der Waals surface area contributed by atoms with Crippen LogP contribution in [0.3, 0.4) is 0 Å². The summed E-state index contributed by atoms with van der Waals surface area (Å²) in [4.78, 5) is 22.5. The van der Waals surface area contributed by atoms with Gasteiger partial charge in [-0.2, -0.15) is 0 Å². The summed E-state index contributed by atoms with van der Waals surface area (Å²) in [6.07, 6.45) is 11.9. The SMILES string of the molecule is CN(CCC=C1c2ccccc2CCc2ccccc21)C(=O)CCCCCOc1ncccn1. The molecule has 0 unspecified atom stereocenters. The van der Waals surface area contributed by atoms with Crippen molar-refractivity contribution in [1.29, 1.82) is 0 Å². The molecule has 0 aliphatic heterocycles. The van der Waals surface area contributed by atoms with Gasteiger partial charge in [-0.15, -0.1) is 0 Å². The number of aromatic nitrogens is 2. The monoisotopic (exact) mass is 455 g/mol. The van der Waals surface area contributed by atoms with E-state index in [1.165, 1.54) is 27.8 Å². The first-order valence-electron chi connectivity index (χ1n) is 12.2. The summed E-state index contributed by atoms with van der Waals surface area (Å²) in [5.74, 6) is 0.201. The topological polar surface area (TPSA) is 55.3 Å². The van der Waals surface area contributed by atoms with Crippen molar-refractivity contribution in [3.05, 3.63) is 95.3 Å². The lowest BCUT2D eigenvalue weighted by molar-refractivity contribution is -0.129. The lowest BCUT2D eigenvalue weighted by atomic mass is 9.93. The van der Waals surface area contributed by atoms with E-state index >= 15 is 0 Å². The molecule has 1 aliphatic rings. The van der Waals surface area contributed by atoms with Gasteiger partial charge in [-0.25, -0.2) is 9.97 Å². The molecule has 0 atom stereocenters. The van der Waals surface area contributed by atoms with Crippen molar-refractivity contribution >= 4 is 11.5 Å². The van der Waals surface area contributed by atoms with E-state index in [-0.39, 0.29) is 5.91 Å². The second kappa shape index (κ2) is 12.1. The first-order valence-corrected chi connectivity index (χ1v) is 12.2. The summed E-state index contributed by atoms with van der Waals surface area (Å²) in [7, 11) is 1.91. The van der Waals surface area contributed by atoms with Gasteiger partial charge >= 0.3 is 6.01 Å². The summed E-state index contributed by atoms with van der Waals surface area (Å²) >= 11 is 0. The van der Waals surface area contributed by atoms with Crippen LogP contribution in [0.5, 0.6) is 6.01 Å². The Labute approximate surface area is 202 Å². The average molecular weight is 456 g/mol. The second-order valence-electron chi connectivity index (χ2n) is 8.73. The second-order valence-corrected chi connectivity index (χ2v) is 8.73. The third-order valence-electron chi connectivity index (χ3n) is 6.33. The van der Waals surface area contributed by atoms with Crippen LogP contribution < -0.4 is 4.74 Å². The van der Waals surface area contributed by atoms with Gasteiger partial charge in [0.1, 0.15) is 0 Å². The molecule has 176 valence electrons. The Balaban J connectivity index is 1.25. The highest BCUT2D eigenvalue weighted by molar-refractivity contribution is 5.84. The maximum atomic E-state index is 12.6. The minimum atomic E-state index is 0.201. The van der Waals surface area contributed by atoms with Crippen molar-refractivity contribution in [2.45, 2.75) is 44.9 Å². The van der Waals surface area contributed by atoms with Gasteiger partial charge in [-0.1, -0.05) is 54.6 Å². The van der Waals surface area contributed by atoms with Crippen LogP contribution in [0, 0.1) is 0 Å². The van der Waals surface area contributed by atoms with E-state index in [9.17, 15) is 4.79 Å². The summed E-state index contributed by atoms with van der Waals surface area (Å²) < 4.78 is 5.51. The molecule has 0 bridgehead atoms. The molecule has 0 saturated carbocycles. The maximum absolute atomic E-state index is 12.6. The summed E-state index contributed by atoms with van der Waals surface area (Å²) in [6.45, 7) is 1.30. The molecule has 0 spiro atoms. The van der Waals surface area contributed by atoms with Crippen LogP contribution in [0.15, 0.2) is 73.1 Å². The Morgan fingerprint density at radius 2 is 1.56 bits per heavy atom. The molecule has 0 radical (unpaired) electrons. The standard InChI is InChI=1S/C29H33N3O2/c1-32(28(33)16-3-2-8-22-34-29-30-19-10-20-31-29)21-9-15-27-25-13-6-4-11-23(25)17-18-24-12-5-7-14-26(24)27/h4-7,10-15,19-20H,2-3,8-9,16-18,21-22H2,1H3. The number of unbranched alkanes of at least 4 members (excludes halogenated alkanes) is 2. The number of carbonyl (C=O) groups excluding carboxylic acids is 1. The zero-order valence-electron chi connectivity index (χ0n) is 20.0. The van der Waals surface area contributed by atoms with Gasteiger partial charge in [0.25, 0.3) is 0 Å². The third kappa shape index (κ3) is 6.31. The highest BCUT2D eigenvalue weighted by Gasteiger charge is 2.17. The predicted octanol–water partition coefficient (Wildman–Crippen LogP) is 5.49. The first-order chi connectivity index (χ1) is 16.7. The molecule has 0 N–H and O–H groups in total. The van der Waals surface area contributed by atoms with Gasteiger partial charge in [0.15, 0.2) is 0 Å². The van der Waals surface area contributed by atoms with Gasteiger partial charge in [-0.05, 0) is 72.4 Å². The van der Waals surface area contributed by atoms with Crippen LogP contribution in [0.1, 0.15) is 54.4 Å². The number of ether oxygens (including phenoxy) is 1. The van der Waals surface area contributed by atoms with E-state index in [4.69, 9.17) is 4.74 Å². The van der Waals surface area contributed by atoms with Gasteiger partial charge < -0.3 is 9.64 Å². The molecule has 4 rings (SSSR count). The third-order valence-corrected chi connectivity index (χ3v) is 6.33. The van der Waals surface area contributed by atoms with E-state index in [1.54, 1.807) is 18.5 Å². The van der Waals surface area contributed by atoms with Gasteiger partial charge in [0, 0.05) is 32.4 Å². The highest BCUT2D eigenvalue weighted by Crippen LogP contribution is 2.33. The molecule has 3 aromatic rings. The number of benzene rings is 2. The molecule has 0 saturated heterocycles. The molecule has 1 aliphatic carbocycles. The summed E-state index contributed by atoms with van der Waals surface area (Å²) in [5.41, 5.74) is 6.75. The van der Waals surface area contributed by atoms with Crippen LogP contribution in [-0.4, -0.2) is 41.0 Å². The Morgan fingerprint density at radius 3 is 2.24 bits per heavy atom. The lowest BCUT2D eigenvalue weighted by Crippen LogP contribution is -2.27. The molecule has 0 fully saturated rings. The van der Waals surface area contributed by atoms with Crippen molar-refractivity contribution in [2.24, 2.45) is 0 Å². The fourth-order valence-corrected chi connectivity index (χ4v) is 4.43. The minimum Gasteiger partial charge on any atom is -0.463 e. The lowest BCUT2D eigenvalue weighted by Gasteiger charge is -2.17. The number of fused-ring (bicyclic) bond motifs is 2. The summed E-state index contributed by atoms with van der Waals surface area (Å²) in [6, 6.07) is 19.6. The van der Waals surface area contributed by atoms with Crippen molar-refractivity contribution in [3.63, 3.8) is 0 Å². The Kier molecular flexibility index (Phi) is 8.44. The molecule has 2 aromatic carbocycles. The molecule has 5 nitrogen and oxygen atoms in total. The maximum Gasteiger partial charge on any atom is 0.316 e. The van der Waals surface area contributed by atoms with Crippen LogP contribution in [0.2, 0.25) is 0 Å². The smallest absolute Gasteiger partial charge is 0.316 e. The van der Waals surface area contributed by atoms with Crippen molar-refractivity contribution < 1.29 is 9.53 Å². The Morgan fingerprint density at radius 1 is 0.912 bits per heavy atom. The molecular formula is C29H33N3O2. The fraction of sp³-hybridized carbons (Fsp3) is 0.345. The molecular weight excluding hydrogens is 422 g/mol. The van der Waals surface area contributed by atoms with Crippen LogP contribution in [-0.2, 0) is 17.6 Å². The molecule has 34 heavy (non-hydrogen) atoms. The minimum absolute atomic E-state index is 0.201. The van der Waals surface area contributed by atoms with Gasteiger partial charge in [0.05, 0.1) is 6.61 Å². The number of aryl methyl sites for hydroxylation is 2. The van der Waals surface area contributed by atoms with Crippen molar-refractivity contribution in [2.75, 3.05) is 20.2 Å². The number of hydrogen-bond acceptors (Lipinski definition) is 4. The number of hydrogen-bond donors (Lipinski definition) is 0.